The van der Waals surface area contributed by atoms with Crippen molar-refractivity contribution < 1.29 is 0 Å². The number of benzene rings is 1. The van der Waals surface area contributed by atoms with Crippen molar-refractivity contribution in [1.29, 1.82) is 0 Å². The van der Waals surface area contributed by atoms with Crippen LogP contribution in [-0.2, 0) is 0 Å². The second-order valence-electron chi connectivity index (χ2n) is 5.13. The smallest absolute Gasteiger partial charge is 0.159 e. The summed E-state index contributed by atoms with van der Waals surface area (Å²) in [5, 5.41) is 10.7. The molecular weight excluding hydrogens is 224 g/mol. The van der Waals surface area contributed by atoms with Crippen LogP contribution >= 0.6 is 0 Å². The number of aromatic nitrogens is 2. The maximum Gasteiger partial charge on any atom is 0.159 e. The summed E-state index contributed by atoms with van der Waals surface area (Å²) in [6.07, 6.45) is 2.93. The predicted molar refractivity (Wildman–Crippen MR) is 73.5 cm³/mol. The molecule has 1 aliphatic heterocycles. The number of nitrogens with two attached hydrogens (primary N) is 1. The number of anilines is 1. The molecule has 2 aromatic rings. The lowest BCUT2D eigenvalue weighted by molar-refractivity contribution is 0.378. The van der Waals surface area contributed by atoms with Gasteiger partial charge in [-0.2, -0.15) is 5.10 Å². The lowest BCUT2D eigenvalue weighted by atomic mass is 9.94. The first-order chi connectivity index (χ1) is 8.75. The zero-order valence-electron chi connectivity index (χ0n) is 10.6. The van der Waals surface area contributed by atoms with Gasteiger partial charge < -0.3 is 10.6 Å². The van der Waals surface area contributed by atoms with Crippen molar-refractivity contribution in [3.8, 4) is 0 Å². The molecule has 18 heavy (non-hydrogen) atoms. The van der Waals surface area contributed by atoms with E-state index in [4.69, 9.17) is 5.73 Å². The van der Waals surface area contributed by atoms with Crippen molar-refractivity contribution in [3.63, 3.8) is 0 Å². The number of piperidine rings is 1. The van der Waals surface area contributed by atoms with Crippen LogP contribution in [0.15, 0.2) is 30.5 Å². The minimum absolute atomic E-state index is 0.222. The van der Waals surface area contributed by atoms with Crippen LogP contribution in [0.1, 0.15) is 13.3 Å². The molecule has 1 aromatic heterocycles. The fourth-order valence-electron chi connectivity index (χ4n) is 2.54. The van der Waals surface area contributed by atoms with Gasteiger partial charge in [0, 0.05) is 29.9 Å². The van der Waals surface area contributed by atoms with Gasteiger partial charge in [-0.15, -0.1) is 5.10 Å². The molecule has 0 bridgehead atoms. The topological polar surface area (TPSA) is 55.0 Å². The molecule has 0 radical (unpaired) electrons. The fraction of sp³-hybridized carbons (Fsp3) is 0.429. The molecule has 2 unspecified atom stereocenters. The van der Waals surface area contributed by atoms with Crippen LogP contribution in [0.5, 0.6) is 0 Å². The van der Waals surface area contributed by atoms with E-state index in [0.29, 0.717) is 5.92 Å². The Kier molecular flexibility index (Phi) is 2.88. The van der Waals surface area contributed by atoms with E-state index in [1.54, 1.807) is 0 Å². The molecule has 94 valence electrons. The summed E-state index contributed by atoms with van der Waals surface area (Å²) in [7, 11) is 0. The van der Waals surface area contributed by atoms with E-state index in [1.165, 1.54) is 0 Å². The molecule has 1 fully saturated rings. The Hall–Kier alpha value is -1.68. The Balaban J connectivity index is 1.99. The highest BCUT2D eigenvalue weighted by atomic mass is 15.3. The van der Waals surface area contributed by atoms with Gasteiger partial charge >= 0.3 is 0 Å². The van der Waals surface area contributed by atoms with Gasteiger partial charge in [0.1, 0.15) is 0 Å². The van der Waals surface area contributed by atoms with Crippen LogP contribution in [0.2, 0.25) is 0 Å². The lowest BCUT2D eigenvalue weighted by Crippen LogP contribution is -2.48. The average Bonchev–Trinajstić information content (AvgIpc) is 2.41. The van der Waals surface area contributed by atoms with Crippen LogP contribution in [0.3, 0.4) is 0 Å². The number of fused-ring (bicyclic) bond motifs is 1. The Labute approximate surface area is 107 Å². The molecule has 4 heteroatoms. The van der Waals surface area contributed by atoms with E-state index < -0.39 is 0 Å². The van der Waals surface area contributed by atoms with E-state index >= 15 is 0 Å². The van der Waals surface area contributed by atoms with Gasteiger partial charge in [0.25, 0.3) is 0 Å². The van der Waals surface area contributed by atoms with E-state index in [-0.39, 0.29) is 6.04 Å². The van der Waals surface area contributed by atoms with Crippen molar-refractivity contribution in [2.45, 2.75) is 19.4 Å². The third kappa shape index (κ3) is 1.93. The molecule has 0 aliphatic carbocycles. The number of nitrogens with zero attached hydrogens (tertiary/aromatic N) is 3. The SMILES string of the molecule is CC1CCN(c2nncc3ccccc23)CC1N. The largest absolute Gasteiger partial charge is 0.353 e. The summed E-state index contributed by atoms with van der Waals surface area (Å²) in [5.41, 5.74) is 6.16. The molecule has 4 nitrogen and oxygen atoms in total. The Morgan fingerprint density at radius 1 is 1.33 bits per heavy atom. The summed E-state index contributed by atoms with van der Waals surface area (Å²) < 4.78 is 0. The summed E-state index contributed by atoms with van der Waals surface area (Å²) in [6.45, 7) is 4.10. The van der Waals surface area contributed by atoms with Crippen LogP contribution in [0, 0.1) is 5.92 Å². The van der Waals surface area contributed by atoms with E-state index in [0.717, 1.165) is 36.1 Å². The van der Waals surface area contributed by atoms with Crippen molar-refractivity contribution in [2.75, 3.05) is 18.0 Å². The summed E-state index contributed by atoms with van der Waals surface area (Å²) in [5.74, 6) is 1.56. The molecule has 2 atom stereocenters. The molecule has 2 heterocycles. The van der Waals surface area contributed by atoms with Crippen LogP contribution in [-0.4, -0.2) is 29.3 Å². The number of rotatable bonds is 1. The first-order valence-electron chi connectivity index (χ1n) is 6.46. The van der Waals surface area contributed by atoms with E-state index in [2.05, 4.69) is 34.2 Å². The zero-order valence-corrected chi connectivity index (χ0v) is 10.6. The first-order valence-corrected chi connectivity index (χ1v) is 6.46. The van der Waals surface area contributed by atoms with Crippen LogP contribution in [0.4, 0.5) is 5.82 Å². The molecule has 1 aromatic carbocycles. The van der Waals surface area contributed by atoms with Crippen molar-refractivity contribution >= 4 is 16.6 Å². The van der Waals surface area contributed by atoms with Gasteiger partial charge in [-0.1, -0.05) is 31.2 Å². The van der Waals surface area contributed by atoms with Crippen LogP contribution < -0.4 is 10.6 Å². The quantitative estimate of drug-likeness (QED) is 0.828. The Morgan fingerprint density at radius 3 is 3.00 bits per heavy atom. The monoisotopic (exact) mass is 242 g/mol. The third-order valence-corrected chi connectivity index (χ3v) is 3.87. The molecule has 0 amide bonds. The minimum atomic E-state index is 0.222. The number of hydrogen-bond donors (Lipinski definition) is 1. The van der Waals surface area contributed by atoms with Gasteiger partial charge in [-0.3, -0.25) is 0 Å². The summed E-state index contributed by atoms with van der Waals surface area (Å²) in [6, 6.07) is 8.46. The normalized spacial score (nSPS) is 24.4. The van der Waals surface area contributed by atoms with Gasteiger partial charge in [0.05, 0.1) is 6.20 Å². The zero-order chi connectivity index (χ0) is 12.5. The van der Waals surface area contributed by atoms with E-state index in [1.807, 2.05) is 18.3 Å². The summed E-state index contributed by atoms with van der Waals surface area (Å²) in [4.78, 5) is 2.26. The Morgan fingerprint density at radius 2 is 2.17 bits per heavy atom. The molecular formula is C14H18N4. The first kappa shape index (κ1) is 11.4. The molecule has 0 saturated carbocycles. The molecule has 0 spiro atoms. The highest BCUT2D eigenvalue weighted by Crippen LogP contribution is 2.26. The van der Waals surface area contributed by atoms with Gasteiger partial charge in [0.15, 0.2) is 5.82 Å². The summed E-state index contributed by atoms with van der Waals surface area (Å²) >= 11 is 0. The number of hydrogen-bond acceptors (Lipinski definition) is 4. The second kappa shape index (κ2) is 4.53. The average molecular weight is 242 g/mol. The molecule has 3 rings (SSSR count). The molecule has 1 aliphatic rings. The van der Waals surface area contributed by atoms with Crippen molar-refractivity contribution in [1.82, 2.24) is 10.2 Å². The maximum absolute atomic E-state index is 6.16. The Bertz CT molecular complexity index is 549. The second-order valence-corrected chi connectivity index (χ2v) is 5.13. The molecule has 2 N–H and O–H groups in total. The van der Waals surface area contributed by atoms with Crippen LogP contribution in [0.25, 0.3) is 10.8 Å². The highest BCUT2D eigenvalue weighted by molar-refractivity contribution is 5.91. The third-order valence-electron chi connectivity index (χ3n) is 3.87. The minimum Gasteiger partial charge on any atom is -0.353 e. The predicted octanol–water partition coefficient (Wildman–Crippen LogP) is 1.80. The van der Waals surface area contributed by atoms with Crippen molar-refractivity contribution in [3.05, 3.63) is 30.5 Å². The maximum atomic E-state index is 6.16. The van der Waals surface area contributed by atoms with E-state index in [9.17, 15) is 0 Å². The fourth-order valence-corrected chi connectivity index (χ4v) is 2.54. The standard InChI is InChI=1S/C14H18N4/c1-10-6-7-18(9-13(10)15)14-12-5-3-2-4-11(12)8-16-17-14/h2-5,8,10,13H,6-7,9,15H2,1H3. The lowest BCUT2D eigenvalue weighted by Gasteiger charge is -2.35. The molecule has 1 saturated heterocycles. The van der Waals surface area contributed by atoms with Gasteiger partial charge in [-0.05, 0) is 12.3 Å². The van der Waals surface area contributed by atoms with Gasteiger partial charge in [-0.25, -0.2) is 0 Å². The van der Waals surface area contributed by atoms with Crippen molar-refractivity contribution in [2.24, 2.45) is 11.7 Å². The van der Waals surface area contributed by atoms with Gasteiger partial charge in [0.2, 0.25) is 0 Å². The highest BCUT2D eigenvalue weighted by Gasteiger charge is 2.25.